The maximum absolute atomic E-state index is 11.3. The molecule has 0 aromatic heterocycles. The van der Waals surface area contributed by atoms with Crippen LogP contribution in [0, 0.1) is 0 Å². The Bertz CT molecular complexity index is 369. The van der Waals surface area contributed by atoms with E-state index in [0.29, 0.717) is 13.2 Å². The molecule has 1 rings (SSSR count). The summed E-state index contributed by atoms with van der Waals surface area (Å²) < 4.78 is 16.5. The molecule has 1 unspecified atom stereocenters. The van der Waals surface area contributed by atoms with Gasteiger partial charge >= 0.3 is 0 Å². The lowest BCUT2D eigenvalue weighted by atomic mass is 9.97. The first kappa shape index (κ1) is 22.3. The van der Waals surface area contributed by atoms with Gasteiger partial charge in [0.05, 0.1) is 19.8 Å². The second-order valence-corrected chi connectivity index (χ2v) is 6.33. The number of amides is 1. The smallest absolute Gasteiger partial charge is 0.217 e. The van der Waals surface area contributed by atoms with E-state index in [0.717, 1.165) is 12.8 Å². The van der Waals surface area contributed by atoms with Crippen LogP contribution in [0.3, 0.4) is 0 Å². The monoisotopic (exact) mass is 363 g/mol. The Kier molecular flexibility index (Phi) is 11.2. The first-order chi connectivity index (χ1) is 12.0. The Morgan fingerprint density at radius 3 is 2.44 bits per heavy atom. The zero-order valence-corrected chi connectivity index (χ0v) is 15.2. The quantitative estimate of drug-likeness (QED) is 0.359. The van der Waals surface area contributed by atoms with Crippen molar-refractivity contribution in [3.8, 4) is 0 Å². The minimum Gasteiger partial charge on any atom is -0.394 e. The Morgan fingerprint density at radius 2 is 1.80 bits per heavy atom. The van der Waals surface area contributed by atoms with Gasteiger partial charge in [0, 0.05) is 13.5 Å². The molecule has 8 nitrogen and oxygen atoms in total. The molecule has 0 aliphatic carbocycles. The van der Waals surface area contributed by atoms with Gasteiger partial charge in [0.25, 0.3) is 0 Å². The van der Waals surface area contributed by atoms with Crippen LogP contribution >= 0.6 is 0 Å². The van der Waals surface area contributed by atoms with E-state index in [1.165, 1.54) is 26.2 Å². The summed E-state index contributed by atoms with van der Waals surface area (Å²) in [5.41, 5.74) is 0. The highest BCUT2D eigenvalue weighted by Gasteiger charge is 2.45. The summed E-state index contributed by atoms with van der Waals surface area (Å²) in [6, 6.07) is -0.913. The van der Waals surface area contributed by atoms with Crippen molar-refractivity contribution < 1.29 is 34.3 Å². The highest BCUT2D eigenvalue weighted by Crippen LogP contribution is 2.22. The highest BCUT2D eigenvalue weighted by atomic mass is 16.7. The third kappa shape index (κ3) is 7.98. The molecule has 148 valence electrons. The van der Waals surface area contributed by atoms with E-state index in [1.807, 2.05) is 0 Å². The molecule has 0 aromatic rings. The van der Waals surface area contributed by atoms with Crippen LogP contribution in [0.25, 0.3) is 0 Å². The van der Waals surface area contributed by atoms with Crippen LogP contribution in [0.5, 0.6) is 0 Å². The van der Waals surface area contributed by atoms with Gasteiger partial charge < -0.3 is 34.8 Å². The molecule has 1 amide bonds. The lowest BCUT2D eigenvalue weighted by Gasteiger charge is -2.42. The number of ether oxygens (including phenoxy) is 3. The number of rotatable bonds is 12. The molecule has 4 N–H and O–H groups in total. The van der Waals surface area contributed by atoms with Crippen LogP contribution in [0.4, 0.5) is 0 Å². The summed E-state index contributed by atoms with van der Waals surface area (Å²) in [6.07, 6.45) is 1.29. The Balaban J connectivity index is 2.33. The minimum absolute atomic E-state index is 0.219. The fourth-order valence-electron chi connectivity index (χ4n) is 2.75. The lowest BCUT2D eigenvalue weighted by molar-refractivity contribution is -0.272. The standard InChI is InChI=1S/C17H33NO7/c1-3-4-5-6-7-8-23-9-10-24-17-14(18-12(2)20)16(22)15(21)13(11-19)25-17/h13-17,19,21-22H,3-11H2,1-2H3,(H,18,20)/t13-,14-,15-,16-,17?/m1/s1. The Morgan fingerprint density at radius 1 is 1.08 bits per heavy atom. The van der Waals surface area contributed by atoms with E-state index < -0.39 is 37.3 Å². The number of aliphatic hydroxyl groups is 3. The van der Waals surface area contributed by atoms with Gasteiger partial charge in [0.1, 0.15) is 24.4 Å². The van der Waals surface area contributed by atoms with Crippen LogP contribution in [0.2, 0.25) is 0 Å². The topological polar surface area (TPSA) is 117 Å². The molecule has 8 heteroatoms. The number of carbonyl (C=O) groups is 1. The molecule has 0 saturated carbocycles. The molecule has 0 bridgehead atoms. The Hall–Kier alpha value is -0.770. The maximum atomic E-state index is 11.3. The van der Waals surface area contributed by atoms with Gasteiger partial charge in [0.15, 0.2) is 6.29 Å². The van der Waals surface area contributed by atoms with Crippen molar-refractivity contribution in [3.05, 3.63) is 0 Å². The molecule has 0 radical (unpaired) electrons. The number of hydrogen-bond acceptors (Lipinski definition) is 7. The summed E-state index contributed by atoms with van der Waals surface area (Å²) in [5, 5.41) is 31.8. The fourth-order valence-corrected chi connectivity index (χ4v) is 2.75. The molecule has 1 saturated heterocycles. The van der Waals surface area contributed by atoms with Crippen molar-refractivity contribution in [2.45, 2.75) is 76.6 Å². The normalized spacial score (nSPS) is 29.6. The second kappa shape index (κ2) is 12.6. The number of carbonyl (C=O) groups excluding carboxylic acids is 1. The molecule has 0 aromatic carbocycles. The molecule has 1 aliphatic rings. The number of unbranched alkanes of at least 4 members (excludes halogenated alkanes) is 4. The zero-order valence-electron chi connectivity index (χ0n) is 15.2. The Labute approximate surface area is 149 Å². The van der Waals surface area contributed by atoms with Gasteiger partial charge in [-0.25, -0.2) is 0 Å². The summed E-state index contributed by atoms with van der Waals surface area (Å²) in [4.78, 5) is 11.3. The summed E-state index contributed by atoms with van der Waals surface area (Å²) in [7, 11) is 0. The molecular formula is C17H33NO7. The highest BCUT2D eigenvalue weighted by molar-refractivity contribution is 5.73. The van der Waals surface area contributed by atoms with Crippen LogP contribution in [0.1, 0.15) is 46.0 Å². The van der Waals surface area contributed by atoms with Crippen LogP contribution in [0.15, 0.2) is 0 Å². The van der Waals surface area contributed by atoms with Crippen molar-refractivity contribution >= 4 is 5.91 Å². The van der Waals surface area contributed by atoms with Crippen LogP contribution in [-0.2, 0) is 19.0 Å². The average molecular weight is 363 g/mol. The SMILES string of the molecule is CCCCCCCOCCOC1O[C@H](CO)[C@@H](O)[C@H](O)[C@H]1NC(C)=O. The van der Waals surface area contributed by atoms with E-state index in [9.17, 15) is 20.1 Å². The summed E-state index contributed by atoms with van der Waals surface area (Å²) >= 11 is 0. The summed E-state index contributed by atoms with van der Waals surface area (Å²) in [5.74, 6) is -0.376. The van der Waals surface area contributed by atoms with E-state index in [1.54, 1.807) is 0 Å². The molecule has 1 fully saturated rings. The van der Waals surface area contributed by atoms with Crippen molar-refractivity contribution in [3.63, 3.8) is 0 Å². The molecule has 1 aliphatic heterocycles. The van der Waals surface area contributed by atoms with E-state index in [4.69, 9.17) is 14.2 Å². The van der Waals surface area contributed by atoms with E-state index >= 15 is 0 Å². The van der Waals surface area contributed by atoms with Gasteiger partial charge in [-0.1, -0.05) is 32.6 Å². The third-order valence-electron chi connectivity index (χ3n) is 4.15. The molecular weight excluding hydrogens is 330 g/mol. The van der Waals surface area contributed by atoms with Crippen LogP contribution in [-0.4, -0.2) is 78.3 Å². The maximum Gasteiger partial charge on any atom is 0.217 e. The first-order valence-electron chi connectivity index (χ1n) is 9.10. The van der Waals surface area contributed by atoms with Gasteiger partial charge in [-0.05, 0) is 6.42 Å². The molecule has 5 atom stereocenters. The van der Waals surface area contributed by atoms with Crippen LogP contribution < -0.4 is 5.32 Å². The third-order valence-corrected chi connectivity index (χ3v) is 4.15. The largest absolute Gasteiger partial charge is 0.394 e. The number of nitrogens with one attached hydrogen (secondary N) is 1. The van der Waals surface area contributed by atoms with E-state index in [2.05, 4.69) is 12.2 Å². The predicted molar refractivity (Wildman–Crippen MR) is 90.9 cm³/mol. The molecule has 0 spiro atoms. The summed E-state index contributed by atoms with van der Waals surface area (Å²) in [6.45, 7) is 4.26. The lowest BCUT2D eigenvalue weighted by Crippen LogP contribution is -2.64. The fraction of sp³-hybridized carbons (Fsp3) is 0.941. The predicted octanol–water partition coefficient (Wildman–Crippen LogP) is -0.0663. The van der Waals surface area contributed by atoms with E-state index in [-0.39, 0.29) is 12.5 Å². The molecule has 25 heavy (non-hydrogen) atoms. The van der Waals surface area contributed by atoms with Crippen molar-refractivity contribution in [2.75, 3.05) is 26.4 Å². The minimum atomic E-state index is -1.30. The van der Waals surface area contributed by atoms with Gasteiger partial charge in [-0.15, -0.1) is 0 Å². The van der Waals surface area contributed by atoms with Crippen molar-refractivity contribution in [1.29, 1.82) is 0 Å². The average Bonchev–Trinajstić information content (AvgIpc) is 2.59. The first-order valence-corrected chi connectivity index (χ1v) is 9.10. The number of hydrogen-bond donors (Lipinski definition) is 4. The van der Waals surface area contributed by atoms with Crippen molar-refractivity contribution in [2.24, 2.45) is 0 Å². The van der Waals surface area contributed by atoms with Gasteiger partial charge in [-0.3, -0.25) is 4.79 Å². The van der Waals surface area contributed by atoms with Gasteiger partial charge in [-0.2, -0.15) is 0 Å². The van der Waals surface area contributed by atoms with Gasteiger partial charge in [0.2, 0.25) is 5.91 Å². The number of aliphatic hydroxyl groups excluding tert-OH is 3. The van der Waals surface area contributed by atoms with Crippen molar-refractivity contribution in [1.82, 2.24) is 5.32 Å². The zero-order chi connectivity index (χ0) is 18.7. The second-order valence-electron chi connectivity index (χ2n) is 6.33. The molecule has 1 heterocycles.